The van der Waals surface area contributed by atoms with Gasteiger partial charge in [0.2, 0.25) is 0 Å². The Balaban J connectivity index is 3.07. The molecular formula is C20H32O2. The summed E-state index contributed by atoms with van der Waals surface area (Å²) in [5, 5.41) is 20.6. The lowest BCUT2D eigenvalue weighted by atomic mass is 9.92. The zero-order valence-corrected chi connectivity index (χ0v) is 14.8. The fraction of sp³-hybridized carbons (Fsp3) is 0.600. The SMILES string of the molecule is C/C1=C\C=C(\C(C)(C)O)C/C=C(\C)C(O)CC/C(C)=C/CC1. The quantitative estimate of drug-likeness (QED) is 0.680. The van der Waals surface area contributed by atoms with E-state index in [-0.39, 0.29) is 0 Å². The van der Waals surface area contributed by atoms with E-state index in [1.807, 2.05) is 32.9 Å². The summed E-state index contributed by atoms with van der Waals surface area (Å²) in [6.45, 7) is 9.88. The molecule has 1 atom stereocenters. The Morgan fingerprint density at radius 2 is 1.68 bits per heavy atom. The molecule has 1 unspecified atom stereocenters. The molecule has 0 saturated carbocycles. The van der Waals surface area contributed by atoms with E-state index in [0.717, 1.165) is 36.8 Å². The van der Waals surface area contributed by atoms with Gasteiger partial charge in [-0.1, -0.05) is 35.5 Å². The molecule has 0 aliphatic heterocycles. The first kappa shape index (κ1) is 18.9. The molecule has 1 aliphatic rings. The average Bonchev–Trinajstić information content (AvgIpc) is 2.42. The topological polar surface area (TPSA) is 40.5 Å². The highest BCUT2D eigenvalue weighted by molar-refractivity contribution is 5.26. The summed E-state index contributed by atoms with van der Waals surface area (Å²) < 4.78 is 0. The van der Waals surface area contributed by atoms with E-state index in [1.54, 1.807) is 0 Å². The molecule has 124 valence electrons. The lowest BCUT2D eigenvalue weighted by molar-refractivity contribution is 0.117. The summed E-state index contributed by atoms with van der Waals surface area (Å²) in [6.07, 6.45) is 12.5. The maximum Gasteiger partial charge on any atom is 0.0806 e. The second-order valence-electron chi connectivity index (χ2n) is 7.06. The fourth-order valence-corrected chi connectivity index (χ4v) is 2.50. The van der Waals surface area contributed by atoms with E-state index in [0.29, 0.717) is 6.42 Å². The second-order valence-corrected chi connectivity index (χ2v) is 7.06. The van der Waals surface area contributed by atoms with Crippen molar-refractivity contribution in [2.75, 3.05) is 0 Å². The van der Waals surface area contributed by atoms with Crippen LogP contribution in [0, 0.1) is 0 Å². The van der Waals surface area contributed by atoms with Gasteiger partial charge < -0.3 is 10.2 Å². The number of hydrogen-bond acceptors (Lipinski definition) is 2. The van der Waals surface area contributed by atoms with E-state index >= 15 is 0 Å². The van der Waals surface area contributed by atoms with Crippen molar-refractivity contribution < 1.29 is 10.2 Å². The van der Waals surface area contributed by atoms with Gasteiger partial charge >= 0.3 is 0 Å². The van der Waals surface area contributed by atoms with Crippen LogP contribution in [0.5, 0.6) is 0 Å². The molecule has 1 aliphatic carbocycles. The van der Waals surface area contributed by atoms with Crippen LogP contribution < -0.4 is 0 Å². The molecule has 0 aromatic rings. The van der Waals surface area contributed by atoms with Crippen LogP contribution in [0.2, 0.25) is 0 Å². The van der Waals surface area contributed by atoms with E-state index in [4.69, 9.17) is 0 Å². The van der Waals surface area contributed by atoms with Crippen molar-refractivity contribution in [3.63, 3.8) is 0 Å². The molecule has 0 amide bonds. The molecule has 22 heavy (non-hydrogen) atoms. The van der Waals surface area contributed by atoms with Gasteiger partial charge in [-0.25, -0.2) is 0 Å². The molecule has 0 aromatic heterocycles. The number of aliphatic hydroxyl groups excluding tert-OH is 1. The zero-order chi connectivity index (χ0) is 16.8. The van der Waals surface area contributed by atoms with Crippen LogP contribution in [0.3, 0.4) is 0 Å². The summed E-state index contributed by atoms with van der Waals surface area (Å²) in [6, 6.07) is 0. The van der Waals surface area contributed by atoms with Crippen molar-refractivity contribution in [2.24, 2.45) is 0 Å². The summed E-state index contributed by atoms with van der Waals surface area (Å²) in [7, 11) is 0. The number of rotatable bonds is 1. The Bertz CT molecular complexity index is 484. The molecule has 0 aromatic carbocycles. The molecule has 2 heteroatoms. The molecule has 1 rings (SSSR count). The monoisotopic (exact) mass is 304 g/mol. The van der Waals surface area contributed by atoms with Gasteiger partial charge in [0, 0.05) is 0 Å². The van der Waals surface area contributed by atoms with Gasteiger partial charge in [0.25, 0.3) is 0 Å². The van der Waals surface area contributed by atoms with Crippen LogP contribution in [-0.2, 0) is 0 Å². The van der Waals surface area contributed by atoms with Crippen LogP contribution in [0.15, 0.2) is 46.6 Å². The molecule has 2 nitrogen and oxygen atoms in total. The highest BCUT2D eigenvalue weighted by atomic mass is 16.3. The predicted molar refractivity (Wildman–Crippen MR) is 94.7 cm³/mol. The Morgan fingerprint density at radius 1 is 1.00 bits per heavy atom. The number of aliphatic hydroxyl groups is 2. The van der Waals surface area contributed by atoms with Crippen molar-refractivity contribution in [1.82, 2.24) is 0 Å². The van der Waals surface area contributed by atoms with Crippen LogP contribution in [0.25, 0.3) is 0 Å². The van der Waals surface area contributed by atoms with Crippen molar-refractivity contribution in [3.05, 3.63) is 46.6 Å². The van der Waals surface area contributed by atoms with Gasteiger partial charge in [-0.3, -0.25) is 0 Å². The molecule has 2 N–H and O–H groups in total. The molecule has 0 saturated heterocycles. The maximum absolute atomic E-state index is 10.3. The van der Waals surface area contributed by atoms with E-state index in [9.17, 15) is 10.2 Å². The average molecular weight is 304 g/mol. The van der Waals surface area contributed by atoms with Gasteiger partial charge in [0.15, 0.2) is 0 Å². The van der Waals surface area contributed by atoms with Crippen molar-refractivity contribution in [1.29, 1.82) is 0 Å². The Morgan fingerprint density at radius 3 is 2.32 bits per heavy atom. The maximum atomic E-state index is 10.3. The van der Waals surface area contributed by atoms with Crippen LogP contribution in [0.4, 0.5) is 0 Å². The first-order valence-electron chi connectivity index (χ1n) is 8.29. The minimum atomic E-state index is -0.841. The normalized spacial score (nSPS) is 32.4. The Hall–Kier alpha value is -1.12. The van der Waals surface area contributed by atoms with Gasteiger partial charge in [0.1, 0.15) is 0 Å². The van der Waals surface area contributed by atoms with Gasteiger partial charge in [-0.2, -0.15) is 0 Å². The minimum Gasteiger partial charge on any atom is -0.389 e. The van der Waals surface area contributed by atoms with Crippen molar-refractivity contribution in [2.45, 2.75) is 78.4 Å². The number of allylic oxidation sites excluding steroid dienone is 6. The Kier molecular flexibility index (Phi) is 7.31. The highest BCUT2D eigenvalue weighted by Gasteiger charge is 2.18. The third-order valence-electron chi connectivity index (χ3n) is 4.37. The third-order valence-corrected chi connectivity index (χ3v) is 4.37. The second kappa shape index (κ2) is 8.50. The predicted octanol–water partition coefficient (Wildman–Crippen LogP) is 4.85. The van der Waals surface area contributed by atoms with E-state index in [2.05, 4.69) is 26.0 Å². The first-order chi connectivity index (χ1) is 10.2. The van der Waals surface area contributed by atoms with E-state index in [1.165, 1.54) is 11.1 Å². The van der Waals surface area contributed by atoms with Crippen LogP contribution in [0.1, 0.15) is 66.7 Å². The summed E-state index contributed by atoms with van der Waals surface area (Å²) in [5.41, 5.74) is 3.79. The molecule has 0 fully saturated rings. The molecule has 0 heterocycles. The fourth-order valence-electron chi connectivity index (χ4n) is 2.50. The first-order valence-corrected chi connectivity index (χ1v) is 8.29. The summed E-state index contributed by atoms with van der Waals surface area (Å²) >= 11 is 0. The Labute approximate surface area is 135 Å². The minimum absolute atomic E-state index is 0.397. The standard InChI is InChI=1S/C20H32O2/c1-15-7-6-8-16(2)10-14-19(21)17(3)11-13-18(12-9-15)20(4,5)22/h8-9,11-12,19,21-22H,6-7,10,13-14H2,1-5H3/b15-9+,16-8+,17-11+,18-12+. The van der Waals surface area contributed by atoms with Gasteiger partial charge in [-0.15, -0.1) is 0 Å². The van der Waals surface area contributed by atoms with Gasteiger partial charge in [-0.05, 0) is 77.9 Å². The largest absolute Gasteiger partial charge is 0.389 e. The van der Waals surface area contributed by atoms with Crippen LogP contribution >= 0.6 is 0 Å². The molecular weight excluding hydrogens is 272 g/mol. The molecule has 0 radical (unpaired) electrons. The lowest BCUT2D eigenvalue weighted by Gasteiger charge is -2.21. The van der Waals surface area contributed by atoms with Crippen LogP contribution in [-0.4, -0.2) is 21.9 Å². The smallest absolute Gasteiger partial charge is 0.0806 e. The van der Waals surface area contributed by atoms with E-state index < -0.39 is 11.7 Å². The summed E-state index contributed by atoms with van der Waals surface area (Å²) in [4.78, 5) is 0. The summed E-state index contributed by atoms with van der Waals surface area (Å²) in [5.74, 6) is 0. The third kappa shape index (κ3) is 6.76. The molecule has 0 bridgehead atoms. The lowest BCUT2D eigenvalue weighted by Crippen LogP contribution is -2.21. The van der Waals surface area contributed by atoms with Crippen molar-refractivity contribution in [3.8, 4) is 0 Å². The van der Waals surface area contributed by atoms with Crippen molar-refractivity contribution >= 4 is 0 Å². The number of hydrogen-bond donors (Lipinski definition) is 2. The van der Waals surface area contributed by atoms with Gasteiger partial charge in [0.05, 0.1) is 11.7 Å². The highest BCUT2D eigenvalue weighted by Crippen LogP contribution is 2.23. The zero-order valence-electron chi connectivity index (χ0n) is 14.8. The molecule has 0 spiro atoms.